The first-order valence-corrected chi connectivity index (χ1v) is 8.63. The van der Waals surface area contributed by atoms with E-state index in [2.05, 4.69) is 0 Å². The van der Waals surface area contributed by atoms with Crippen molar-refractivity contribution in [3.05, 3.63) is 23.8 Å². The van der Waals surface area contributed by atoms with Gasteiger partial charge in [-0.3, -0.25) is 4.79 Å². The summed E-state index contributed by atoms with van der Waals surface area (Å²) in [5.74, 6) is 1.53. The standard InChI is InChI=1S/C19H27NO4/c1-22-15-5-4-14(12-16(15)23-2)13-18(21)20-10-8-19(9-11-20)7-6-17(19)24-3/h4-5,12,17H,6-11,13H2,1-3H3. The maximum atomic E-state index is 12.6. The van der Waals surface area contributed by atoms with Gasteiger partial charge in [0, 0.05) is 25.6 Å². The molecule has 1 aliphatic carbocycles. The lowest BCUT2D eigenvalue weighted by Crippen LogP contribution is -2.54. The van der Waals surface area contributed by atoms with Gasteiger partial charge in [-0.2, -0.15) is 0 Å². The maximum Gasteiger partial charge on any atom is 0.226 e. The molecule has 0 radical (unpaired) electrons. The number of hydrogen-bond donors (Lipinski definition) is 0. The van der Waals surface area contributed by atoms with Crippen LogP contribution in [-0.2, 0) is 16.0 Å². The van der Waals surface area contributed by atoms with E-state index < -0.39 is 0 Å². The fourth-order valence-corrected chi connectivity index (χ4v) is 4.09. The number of nitrogens with zero attached hydrogens (tertiary/aromatic N) is 1. The van der Waals surface area contributed by atoms with Crippen LogP contribution in [0.4, 0.5) is 0 Å². The van der Waals surface area contributed by atoms with E-state index in [0.29, 0.717) is 29.4 Å². The van der Waals surface area contributed by atoms with E-state index in [4.69, 9.17) is 14.2 Å². The average Bonchev–Trinajstić information content (AvgIpc) is 2.61. The zero-order chi connectivity index (χ0) is 17.2. The van der Waals surface area contributed by atoms with Crippen LogP contribution in [0.1, 0.15) is 31.2 Å². The van der Waals surface area contributed by atoms with Gasteiger partial charge in [0.25, 0.3) is 0 Å². The van der Waals surface area contributed by atoms with E-state index >= 15 is 0 Å². The summed E-state index contributed by atoms with van der Waals surface area (Å²) in [6.07, 6.45) is 5.31. The molecule has 1 spiro atoms. The Kier molecular flexibility index (Phi) is 4.99. The average molecular weight is 333 g/mol. The quantitative estimate of drug-likeness (QED) is 0.831. The highest BCUT2D eigenvalue weighted by Gasteiger charge is 2.48. The van der Waals surface area contributed by atoms with Gasteiger partial charge in [-0.05, 0) is 43.4 Å². The molecule has 5 nitrogen and oxygen atoms in total. The van der Waals surface area contributed by atoms with Crippen LogP contribution >= 0.6 is 0 Å². The molecule has 1 aromatic rings. The third kappa shape index (κ3) is 3.09. The molecule has 1 aromatic carbocycles. The first kappa shape index (κ1) is 17.1. The van der Waals surface area contributed by atoms with Crippen molar-refractivity contribution < 1.29 is 19.0 Å². The number of methoxy groups -OCH3 is 3. The minimum Gasteiger partial charge on any atom is -0.493 e. The van der Waals surface area contributed by atoms with Crippen molar-refractivity contribution in [2.24, 2.45) is 5.41 Å². The molecule has 5 heteroatoms. The van der Waals surface area contributed by atoms with Gasteiger partial charge < -0.3 is 19.1 Å². The van der Waals surface area contributed by atoms with Crippen LogP contribution in [0.5, 0.6) is 11.5 Å². The normalized spacial score (nSPS) is 22.1. The molecule has 1 heterocycles. The van der Waals surface area contributed by atoms with Gasteiger partial charge in [-0.1, -0.05) is 6.07 Å². The Morgan fingerprint density at radius 3 is 2.38 bits per heavy atom. The molecular formula is C19H27NO4. The first-order valence-electron chi connectivity index (χ1n) is 8.63. The summed E-state index contributed by atoms with van der Waals surface area (Å²) in [5, 5.41) is 0. The highest BCUT2D eigenvalue weighted by atomic mass is 16.5. The predicted molar refractivity (Wildman–Crippen MR) is 91.5 cm³/mol. The van der Waals surface area contributed by atoms with Crippen molar-refractivity contribution in [2.45, 2.75) is 38.2 Å². The summed E-state index contributed by atoms with van der Waals surface area (Å²) >= 11 is 0. The Balaban J connectivity index is 1.58. The molecule has 0 N–H and O–H groups in total. The number of benzene rings is 1. The van der Waals surface area contributed by atoms with Gasteiger partial charge in [-0.15, -0.1) is 0 Å². The van der Waals surface area contributed by atoms with E-state index in [-0.39, 0.29) is 5.91 Å². The molecule has 3 rings (SSSR count). The van der Waals surface area contributed by atoms with E-state index in [0.717, 1.165) is 37.9 Å². The summed E-state index contributed by atoms with van der Waals surface area (Å²) in [6.45, 7) is 1.68. The van der Waals surface area contributed by atoms with Gasteiger partial charge in [-0.25, -0.2) is 0 Å². The van der Waals surface area contributed by atoms with Gasteiger partial charge >= 0.3 is 0 Å². The molecule has 1 atom stereocenters. The summed E-state index contributed by atoms with van der Waals surface area (Å²) in [4.78, 5) is 14.6. The minimum atomic E-state index is 0.186. The van der Waals surface area contributed by atoms with Crippen molar-refractivity contribution in [2.75, 3.05) is 34.4 Å². The zero-order valence-electron chi connectivity index (χ0n) is 14.8. The van der Waals surface area contributed by atoms with Gasteiger partial charge in [0.05, 0.1) is 26.7 Å². The second-order valence-electron chi connectivity index (χ2n) is 6.87. The topological polar surface area (TPSA) is 48.0 Å². The highest BCUT2D eigenvalue weighted by molar-refractivity contribution is 5.79. The van der Waals surface area contributed by atoms with Crippen LogP contribution in [-0.4, -0.2) is 51.3 Å². The fourth-order valence-electron chi connectivity index (χ4n) is 4.09. The first-order chi connectivity index (χ1) is 11.6. The second-order valence-corrected chi connectivity index (χ2v) is 6.87. The van der Waals surface area contributed by atoms with Crippen LogP contribution in [0.3, 0.4) is 0 Å². The SMILES string of the molecule is COc1ccc(CC(=O)N2CCC3(CCC3OC)CC2)cc1OC. The van der Waals surface area contributed by atoms with Crippen molar-refractivity contribution in [1.29, 1.82) is 0 Å². The van der Waals surface area contributed by atoms with E-state index in [1.165, 1.54) is 6.42 Å². The van der Waals surface area contributed by atoms with Crippen LogP contribution in [0.15, 0.2) is 18.2 Å². The van der Waals surface area contributed by atoms with E-state index in [9.17, 15) is 4.79 Å². The molecule has 1 aliphatic heterocycles. The number of rotatable bonds is 5. The largest absolute Gasteiger partial charge is 0.493 e. The molecule has 24 heavy (non-hydrogen) atoms. The Morgan fingerprint density at radius 2 is 1.83 bits per heavy atom. The molecular weight excluding hydrogens is 306 g/mol. The van der Waals surface area contributed by atoms with Crippen molar-refractivity contribution in [3.8, 4) is 11.5 Å². The van der Waals surface area contributed by atoms with Crippen molar-refractivity contribution in [3.63, 3.8) is 0 Å². The van der Waals surface area contributed by atoms with Gasteiger partial charge in [0.2, 0.25) is 5.91 Å². The molecule has 1 unspecified atom stereocenters. The lowest BCUT2D eigenvalue weighted by Gasteiger charge is -2.53. The molecule has 1 saturated carbocycles. The third-order valence-electron chi connectivity index (χ3n) is 5.79. The Labute approximate surface area is 143 Å². The third-order valence-corrected chi connectivity index (χ3v) is 5.79. The van der Waals surface area contributed by atoms with Gasteiger partial charge in [0.1, 0.15) is 0 Å². The number of amides is 1. The van der Waals surface area contributed by atoms with Crippen molar-refractivity contribution >= 4 is 5.91 Å². The number of ether oxygens (including phenoxy) is 3. The number of piperidine rings is 1. The second kappa shape index (κ2) is 7.01. The van der Waals surface area contributed by atoms with Crippen molar-refractivity contribution in [1.82, 2.24) is 4.90 Å². The van der Waals surface area contributed by atoms with Crippen LogP contribution in [0, 0.1) is 5.41 Å². The molecule has 0 aromatic heterocycles. The molecule has 1 saturated heterocycles. The molecule has 132 valence electrons. The summed E-state index contributed by atoms with van der Waals surface area (Å²) < 4.78 is 16.1. The summed E-state index contributed by atoms with van der Waals surface area (Å²) in [5.41, 5.74) is 1.28. The highest BCUT2D eigenvalue weighted by Crippen LogP contribution is 2.50. The van der Waals surface area contributed by atoms with Crippen LogP contribution in [0.25, 0.3) is 0 Å². The lowest BCUT2D eigenvalue weighted by molar-refractivity contribution is -0.144. The number of likely N-dealkylation sites (tertiary alicyclic amines) is 1. The molecule has 2 aliphatic rings. The molecule has 1 amide bonds. The minimum absolute atomic E-state index is 0.186. The van der Waals surface area contributed by atoms with Gasteiger partial charge in [0.15, 0.2) is 11.5 Å². The monoisotopic (exact) mass is 333 g/mol. The zero-order valence-corrected chi connectivity index (χ0v) is 14.8. The van der Waals surface area contributed by atoms with E-state index in [1.54, 1.807) is 21.3 Å². The molecule has 0 bridgehead atoms. The molecule has 2 fully saturated rings. The fraction of sp³-hybridized carbons (Fsp3) is 0.632. The summed E-state index contributed by atoms with van der Waals surface area (Å²) in [7, 11) is 5.03. The smallest absolute Gasteiger partial charge is 0.226 e. The number of hydrogen-bond acceptors (Lipinski definition) is 4. The van der Waals surface area contributed by atoms with Crippen LogP contribution in [0.2, 0.25) is 0 Å². The van der Waals surface area contributed by atoms with Crippen LogP contribution < -0.4 is 9.47 Å². The number of carbonyl (C=O) groups excluding carboxylic acids is 1. The number of carbonyl (C=O) groups is 1. The predicted octanol–water partition coefficient (Wildman–Crippen LogP) is 2.66. The maximum absolute atomic E-state index is 12.6. The Hall–Kier alpha value is -1.75. The Bertz CT molecular complexity index is 591. The lowest BCUT2D eigenvalue weighted by atomic mass is 9.61. The Morgan fingerprint density at radius 1 is 1.12 bits per heavy atom. The summed E-state index contributed by atoms with van der Waals surface area (Å²) in [6, 6.07) is 5.66. The van der Waals surface area contributed by atoms with E-state index in [1.807, 2.05) is 23.1 Å².